The van der Waals surface area contributed by atoms with Crippen LogP contribution in [0.5, 0.6) is 11.5 Å². The molecule has 2 heterocycles. The Bertz CT molecular complexity index is 616. The van der Waals surface area contributed by atoms with Gasteiger partial charge in [0.15, 0.2) is 11.5 Å². The Hall–Kier alpha value is -2.28. The maximum absolute atomic E-state index is 12.7. The van der Waals surface area contributed by atoms with E-state index >= 15 is 0 Å². The Morgan fingerprint density at radius 3 is 2.64 bits per heavy atom. The molecule has 1 atom stereocenters. The van der Waals surface area contributed by atoms with Crippen LogP contribution < -0.4 is 14.8 Å². The van der Waals surface area contributed by atoms with Crippen molar-refractivity contribution in [2.24, 2.45) is 0 Å². The first-order valence-electron chi connectivity index (χ1n) is 7.22. The molecule has 0 spiro atoms. The van der Waals surface area contributed by atoms with Crippen LogP contribution in [0.2, 0.25) is 0 Å². The number of fused-ring (bicyclic) bond motifs is 1. The van der Waals surface area contributed by atoms with Crippen molar-refractivity contribution < 1.29 is 24.2 Å². The Labute approximate surface area is 127 Å². The molecular formula is C15H18N2O5. The van der Waals surface area contributed by atoms with Crippen molar-refractivity contribution in [3.05, 3.63) is 23.3 Å². The Kier molecular flexibility index (Phi) is 3.89. The van der Waals surface area contributed by atoms with Crippen LogP contribution in [0.1, 0.15) is 15.9 Å². The number of aryl methyl sites for hydroxylation is 1. The third-order valence-electron chi connectivity index (χ3n) is 3.88. The molecule has 0 saturated carbocycles. The number of rotatable bonds is 2. The van der Waals surface area contributed by atoms with Gasteiger partial charge >= 0.3 is 5.97 Å². The molecule has 1 aromatic carbocycles. The summed E-state index contributed by atoms with van der Waals surface area (Å²) in [6.45, 7) is 3.89. The topological polar surface area (TPSA) is 88.1 Å². The van der Waals surface area contributed by atoms with E-state index in [1.54, 1.807) is 17.0 Å². The van der Waals surface area contributed by atoms with Crippen molar-refractivity contribution in [1.29, 1.82) is 0 Å². The van der Waals surface area contributed by atoms with Gasteiger partial charge in [-0.25, -0.2) is 0 Å². The van der Waals surface area contributed by atoms with E-state index in [0.717, 1.165) is 5.56 Å². The predicted octanol–water partition coefficient (Wildman–Crippen LogP) is 0.265. The van der Waals surface area contributed by atoms with Gasteiger partial charge in [0.25, 0.3) is 5.91 Å². The van der Waals surface area contributed by atoms with Crippen LogP contribution >= 0.6 is 0 Å². The van der Waals surface area contributed by atoms with Crippen LogP contribution in [0.3, 0.4) is 0 Å². The van der Waals surface area contributed by atoms with Gasteiger partial charge in [0, 0.05) is 25.2 Å². The quantitative estimate of drug-likeness (QED) is 0.815. The van der Waals surface area contributed by atoms with Crippen LogP contribution in [0.4, 0.5) is 0 Å². The van der Waals surface area contributed by atoms with Crippen LogP contribution in [0.25, 0.3) is 0 Å². The van der Waals surface area contributed by atoms with Crippen LogP contribution in [0, 0.1) is 6.92 Å². The minimum absolute atomic E-state index is 0.155. The van der Waals surface area contributed by atoms with Gasteiger partial charge in [-0.2, -0.15) is 0 Å². The van der Waals surface area contributed by atoms with Gasteiger partial charge in [0.05, 0.1) is 0 Å². The fourth-order valence-electron chi connectivity index (χ4n) is 2.69. The average molecular weight is 306 g/mol. The fourth-order valence-corrected chi connectivity index (χ4v) is 2.69. The number of carbonyl (C=O) groups excluding carboxylic acids is 1. The molecule has 0 aromatic heterocycles. The highest BCUT2D eigenvalue weighted by atomic mass is 16.6. The molecule has 1 fully saturated rings. The summed E-state index contributed by atoms with van der Waals surface area (Å²) < 4.78 is 11.0. The van der Waals surface area contributed by atoms with Gasteiger partial charge in [-0.1, -0.05) is 0 Å². The lowest BCUT2D eigenvalue weighted by Crippen LogP contribution is -2.55. The Balaban J connectivity index is 1.84. The molecule has 2 aliphatic heterocycles. The lowest BCUT2D eigenvalue weighted by Gasteiger charge is -2.32. The molecule has 1 unspecified atom stereocenters. The standard InChI is InChI=1S/C15H18N2O5/c1-9-6-12-13(22-5-4-21-12)7-10(9)14(18)17-3-2-16-11(8-17)15(19)20/h6-7,11,16H,2-5,8H2,1H3,(H,19,20). The van der Waals surface area contributed by atoms with Gasteiger partial charge in [0.1, 0.15) is 19.3 Å². The van der Waals surface area contributed by atoms with Crippen molar-refractivity contribution >= 4 is 11.9 Å². The molecule has 118 valence electrons. The molecule has 1 saturated heterocycles. The molecule has 2 N–H and O–H groups in total. The molecule has 2 aliphatic rings. The van der Waals surface area contributed by atoms with Crippen molar-refractivity contribution in [2.45, 2.75) is 13.0 Å². The van der Waals surface area contributed by atoms with Gasteiger partial charge in [-0.15, -0.1) is 0 Å². The molecule has 22 heavy (non-hydrogen) atoms. The normalized spacial score (nSPS) is 20.6. The number of ether oxygens (including phenoxy) is 2. The monoisotopic (exact) mass is 306 g/mol. The minimum Gasteiger partial charge on any atom is -0.486 e. The summed E-state index contributed by atoms with van der Waals surface area (Å²) in [7, 11) is 0. The minimum atomic E-state index is -0.948. The van der Waals surface area contributed by atoms with Gasteiger partial charge in [-0.3, -0.25) is 9.59 Å². The lowest BCUT2D eigenvalue weighted by molar-refractivity contribution is -0.140. The molecular weight excluding hydrogens is 288 g/mol. The number of nitrogens with zero attached hydrogens (tertiary/aromatic N) is 1. The first-order chi connectivity index (χ1) is 10.6. The number of hydrogen-bond acceptors (Lipinski definition) is 5. The first kappa shape index (κ1) is 14.6. The third-order valence-corrected chi connectivity index (χ3v) is 3.88. The average Bonchev–Trinajstić information content (AvgIpc) is 2.53. The van der Waals surface area contributed by atoms with E-state index in [4.69, 9.17) is 14.6 Å². The number of carboxylic acid groups (broad SMARTS) is 1. The highest BCUT2D eigenvalue weighted by Gasteiger charge is 2.29. The summed E-state index contributed by atoms with van der Waals surface area (Å²) in [5, 5.41) is 12.0. The SMILES string of the molecule is Cc1cc2c(cc1C(=O)N1CCNC(C(=O)O)C1)OCCO2. The molecule has 0 radical (unpaired) electrons. The van der Waals surface area contributed by atoms with E-state index in [-0.39, 0.29) is 12.5 Å². The smallest absolute Gasteiger partial charge is 0.322 e. The van der Waals surface area contributed by atoms with Gasteiger partial charge in [-0.05, 0) is 24.6 Å². The van der Waals surface area contributed by atoms with Crippen LogP contribution in [-0.4, -0.2) is 60.8 Å². The molecule has 7 nitrogen and oxygen atoms in total. The van der Waals surface area contributed by atoms with Crippen LogP contribution in [0.15, 0.2) is 12.1 Å². The Morgan fingerprint density at radius 1 is 1.27 bits per heavy atom. The highest BCUT2D eigenvalue weighted by Crippen LogP contribution is 2.33. The van der Waals surface area contributed by atoms with E-state index in [2.05, 4.69) is 5.32 Å². The number of hydrogen-bond donors (Lipinski definition) is 2. The maximum atomic E-state index is 12.7. The maximum Gasteiger partial charge on any atom is 0.322 e. The zero-order valence-electron chi connectivity index (χ0n) is 12.3. The van der Waals surface area contributed by atoms with E-state index in [1.165, 1.54) is 0 Å². The van der Waals surface area contributed by atoms with Crippen molar-refractivity contribution in [3.8, 4) is 11.5 Å². The molecule has 1 amide bonds. The first-order valence-corrected chi connectivity index (χ1v) is 7.22. The number of benzene rings is 1. The molecule has 0 aliphatic carbocycles. The van der Waals surface area contributed by atoms with Crippen molar-refractivity contribution in [3.63, 3.8) is 0 Å². The number of carboxylic acids is 1. The largest absolute Gasteiger partial charge is 0.486 e. The Morgan fingerprint density at radius 2 is 1.95 bits per heavy atom. The molecule has 7 heteroatoms. The number of aliphatic carboxylic acids is 1. The molecule has 1 aromatic rings. The van der Waals surface area contributed by atoms with E-state index < -0.39 is 12.0 Å². The second-order valence-electron chi connectivity index (χ2n) is 5.41. The predicted molar refractivity (Wildman–Crippen MR) is 77.5 cm³/mol. The van der Waals surface area contributed by atoms with Crippen molar-refractivity contribution in [2.75, 3.05) is 32.8 Å². The summed E-state index contributed by atoms with van der Waals surface area (Å²) in [4.78, 5) is 25.3. The number of nitrogens with one attached hydrogen (secondary N) is 1. The molecule has 3 rings (SSSR count). The van der Waals surface area contributed by atoms with E-state index in [1.807, 2.05) is 6.92 Å². The number of carbonyl (C=O) groups is 2. The zero-order valence-corrected chi connectivity index (χ0v) is 12.3. The summed E-state index contributed by atoms with van der Waals surface area (Å²) in [5.41, 5.74) is 1.31. The van der Waals surface area contributed by atoms with Gasteiger partial charge in [0.2, 0.25) is 0 Å². The zero-order chi connectivity index (χ0) is 15.7. The highest BCUT2D eigenvalue weighted by molar-refractivity contribution is 5.97. The van der Waals surface area contributed by atoms with Crippen molar-refractivity contribution in [1.82, 2.24) is 10.2 Å². The van der Waals surface area contributed by atoms with Crippen LogP contribution in [-0.2, 0) is 4.79 Å². The second kappa shape index (κ2) is 5.84. The lowest BCUT2D eigenvalue weighted by atomic mass is 10.0. The number of amides is 1. The van der Waals surface area contributed by atoms with E-state index in [9.17, 15) is 9.59 Å². The fraction of sp³-hybridized carbons (Fsp3) is 0.467. The molecule has 0 bridgehead atoms. The summed E-state index contributed by atoms with van der Waals surface area (Å²) >= 11 is 0. The van der Waals surface area contributed by atoms with E-state index in [0.29, 0.717) is 43.4 Å². The van der Waals surface area contributed by atoms with Gasteiger partial charge < -0.3 is 24.8 Å². The summed E-state index contributed by atoms with van der Waals surface area (Å²) in [6, 6.07) is 2.75. The third kappa shape index (κ3) is 2.71. The second-order valence-corrected chi connectivity index (χ2v) is 5.41. The number of piperazine rings is 1. The summed E-state index contributed by atoms with van der Waals surface area (Å²) in [5.74, 6) is 0.0766. The summed E-state index contributed by atoms with van der Waals surface area (Å²) in [6.07, 6.45) is 0.